The van der Waals surface area contributed by atoms with Crippen LogP contribution in [0.15, 0.2) is 12.7 Å². The van der Waals surface area contributed by atoms with Crippen molar-refractivity contribution in [2.24, 2.45) is 5.92 Å². The molecule has 0 fully saturated rings. The molecule has 0 bridgehead atoms. The van der Waals surface area contributed by atoms with Crippen molar-refractivity contribution in [1.29, 1.82) is 0 Å². The molecule has 5 nitrogen and oxygen atoms in total. The Kier molecular flexibility index (Phi) is 6.41. The minimum atomic E-state index is -0.946. The lowest BCUT2D eigenvalue weighted by Gasteiger charge is -2.22. The molecule has 0 saturated heterocycles. The molecule has 0 aromatic rings. The molecular weight excluding hydrogens is 208 g/mol. The fourth-order valence-corrected chi connectivity index (χ4v) is 1.22. The van der Waals surface area contributed by atoms with Gasteiger partial charge in [-0.05, 0) is 12.8 Å². The lowest BCUT2D eigenvalue weighted by molar-refractivity contribution is -0.141. The minimum absolute atomic E-state index is 0.0767. The second-order valence-electron chi connectivity index (χ2n) is 3.98. The van der Waals surface area contributed by atoms with Crippen molar-refractivity contribution < 1.29 is 14.7 Å². The second kappa shape index (κ2) is 7.00. The molecule has 16 heavy (non-hydrogen) atoms. The minimum Gasteiger partial charge on any atom is -0.480 e. The molecule has 1 amide bonds. The molecule has 0 saturated carbocycles. The zero-order valence-electron chi connectivity index (χ0n) is 9.99. The zero-order chi connectivity index (χ0) is 12.7. The number of carboxylic acids is 1. The molecule has 0 radical (unpaired) electrons. The summed E-state index contributed by atoms with van der Waals surface area (Å²) in [5.74, 6) is -1.25. The summed E-state index contributed by atoms with van der Waals surface area (Å²) in [4.78, 5) is 22.4. The number of carbonyl (C=O) groups is 2. The summed E-state index contributed by atoms with van der Waals surface area (Å²) in [5, 5.41) is 14.3. The molecule has 0 rings (SSSR count). The van der Waals surface area contributed by atoms with Crippen molar-refractivity contribution in [2.45, 2.75) is 32.9 Å². The van der Waals surface area contributed by atoms with Crippen LogP contribution in [0.1, 0.15) is 20.8 Å². The highest BCUT2D eigenvalue weighted by Crippen LogP contribution is 2.03. The summed E-state index contributed by atoms with van der Waals surface area (Å²) in [7, 11) is 0. The Morgan fingerprint density at radius 2 is 1.94 bits per heavy atom. The van der Waals surface area contributed by atoms with E-state index >= 15 is 0 Å². The summed E-state index contributed by atoms with van der Waals surface area (Å²) >= 11 is 0. The Balaban J connectivity index is 4.28. The van der Waals surface area contributed by atoms with E-state index in [-0.39, 0.29) is 11.8 Å². The summed E-state index contributed by atoms with van der Waals surface area (Å²) in [6.07, 6.45) is 1.57. The van der Waals surface area contributed by atoms with Crippen molar-refractivity contribution in [3.8, 4) is 0 Å². The van der Waals surface area contributed by atoms with Gasteiger partial charge in [-0.15, -0.1) is 6.58 Å². The maximum Gasteiger partial charge on any atom is 0.320 e. The summed E-state index contributed by atoms with van der Waals surface area (Å²) < 4.78 is 0. The van der Waals surface area contributed by atoms with Crippen LogP contribution in [-0.2, 0) is 9.59 Å². The lowest BCUT2D eigenvalue weighted by atomic mass is 10.0. The smallest absolute Gasteiger partial charge is 0.320 e. The highest BCUT2D eigenvalue weighted by Gasteiger charge is 2.25. The van der Waals surface area contributed by atoms with Crippen LogP contribution < -0.4 is 10.6 Å². The topological polar surface area (TPSA) is 78.4 Å². The molecule has 0 aliphatic carbocycles. The molecule has 0 aliphatic rings. The van der Waals surface area contributed by atoms with E-state index in [9.17, 15) is 9.59 Å². The third kappa shape index (κ3) is 4.93. The van der Waals surface area contributed by atoms with Gasteiger partial charge in [0.1, 0.15) is 6.04 Å². The first-order valence-corrected chi connectivity index (χ1v) is 5.27. The average Bonchev–Trinajstić information content (AvgIpc) is 2.20. The molecule has 0 heterocycles. The van der Waals surface area contributed by atoms with Crippen LogP contribution >= 0.6 is 0 Å². The van der Waals surface area contributed by atoms with Gasteiger partial charge in [0.05, 0.1) is 6.04 Å². The van der Waals surface area contributed by atoms with E-state index in [1.54, 1.807) is 26.8 Å². The van der Waals surface area contributed by atoms with Gasteiger partial charge in [-0.25, -0.2) is 0 Å². The summed E-state index contributed by atoms with van der Waals surface area (Å²) in [6, 6.07) is -1.26. The van der Waals surface area contributed by atoms with Crippen LogP contribution in [0.4, 0.5) is 0 Å². The van der Waals surface area contributed by atoms with Gasteiger partial charge in [0.15, 0.2) is 0 Å². The first kappa shape index (κ1) is 14.6. The fraction of sp³-hybridized carbons (Fsp3) is 0.636. The van der Waals surface area contributed by atoms with E-state index < -0.39 is 18.1 Å². The largest absolute Gasteiger partial charge is 0.480 e. The highest BCUT2D eigenvalue weighted by molar-refractivity contribution is 5.82. The van der Waals surface area contributed by atoms with E-state index in [1.165, 1.54) is 0 Å². The van der Waals surface area contributed by atoms with E-state index in [0.717, 1.165) is 0 Å². The van der Waals surface area contributed by atoms with Gasteiger partial charge >= 0.3 is 5.97 Å². The van der Waals surface area contributed by atoms with Crippen LogP contribution in [0.2, 0.25) is 0 Å². The molecule has 5 heteroatoms. The number of carbonyl (C=O) groups excluding carboxylic acids is 1. The quantitative estimate of drug-likeness (QED) is 0.550. The normalized spacial score (nSPS) is 14.2. The van der Waals surface area contributed by atoms with Crippen molar-refractivity contribution in [3.05, 3.63) is 12.7 Å². The number of hydrogen-bond donors (Lipinski definition) is 3. The summed E-state index contributed by atoms with van der Waals surface area (Å²) in [6.45, 7) is 9.08. The molecule has 2 unspecified atom stereocenters. The fourth-order valence-electron chi connectivity index (χ4n) is 1.22. The van der Waals surface area contributed by atoms with Gasteiger partial charge in [-0.2, -0.15) is 0 Å². The predicted octanol–water partition coefficient (Wildman–Crippen LogP) is 0.376. The van der Waals surface area contributed by atoms with Gasteiger partial charge in [0.25, 0.3) is 0 Å². The number of hydrogen-bond acceptors (Lipinski definition) is 3. The molecule has 3 N–H and O–H groups in total. The lowest BCUT2D eigenvalue weighted by Crippen LogP contribution is -2.51. The van der Waals surface area contributed by atoms with Crippen LogP contribution in [0.3, 0.4) is 0 Å². The maximum atomic E-state index is 11.5. The number of amides is 1. The number of aliphatic carboxylic acids is 1. The molecule has 2 atom stereocenters. The molecule has 0 aromatic heterocycles. The predicted molar refractivity (Wildman–Crippen MR) is 62.1 cm³/mol. The van der Waals surface area contributed by atoms with Crippen LogP contribution in [0.25, 0.3) is 0 Å². The molecule has 92 valence electrons. The average molecular weight is 228 g/mol. The number of rotatable bonds is 7. The van der Waals surface area contributed by atoms with Crippen LogP contribution in [0.5, 0.6) is 0 Å². The van der Waals surface area contributed by atoms with Crippen LogP contribution in [-0.4, -0.2) is 35.6 Å². The monoisotopic (exact) mass is 228 g/mol. The maximum absolute atomic E-state index is 11.5. The second-order valence-corrected chi connectivity index (χ2v) is 3.98. The highest BCUT2D eigenvalue weighted by atomic mass is 16.4. The molecular formula is C11H20N2O3. The van der Waals surface area contributed by atoms with Crippen molar-refractivity contribution in [3.63, 3.8) is 0 Å². The van der Waals surface area contributed by atoms with Gasteiger partial charge in [0, 0.05) is 6.54 Å². The van der Waals surface area contributed by atoms with E-state index in [4.69, 9.17) is 5.11 Å². The number of nitrogens with one attached hydrogen (secondary N) is 2. The molecule has 0 aromatic carbocycles. The third-order valence-electron chi connectivity index (χ3n) is 2.18. The van der Waals surface area contributed by atoms with Crippen molar-refractivity contribution >= 4 is 11.9 Å². The zero-order valence-corrected chi connectivity index (χ0v) is 9.99. The third-order valence-corrected chi connectivity index (χ3v) is 2.18. The first-order chi connectivity index (χ1) is 7.40. The molecule has 0 spiro atoms. The number of carboxylic acid groups (broad SMARTS) is 1. The van der Waals surface area contributed by atoms with E-state index in [0.29, 0.717) is 6.54 Å². The van der Waals surface area contributed by atoms with Gasteiger partial charge in [-0.3, -0.25) is 14.9 Å². The van der Waals surface area contributed by atoms with E-state index in [1.807, 2.05) is 0 Å². The Hall–Kier alpha value is -1.36. The van der Waals surface area contributed by atoms with Gasteiger partial charge in [-0.1, -0.05) is 19.9 Å². The standard InChI is InChI=1S/C11H20N2O3/c1-5-6-12-10(14)8(4)13-9(7(2)3)11(15)16/h5,7-9,13H,1,6H2,2-4H3,(H,12,14)(H,15,16). The Bertz CT molecular complexity index is 264. The van der Waals surface area contributed by atoms with Gasteiger partial charge in [0.2, 0.25) is 5.91 Å². The summed E-state index contributed by atoms with van der Waals surface area (Å²) in [5.41, 5.74) is 0. The SMILES string of the molecule is C=CCNC(=O)C(C)NC(C(=O)O)C(C)C. The first-order valence-electron chi connectivity index (χ1n) is 5.27. The van der Waals surface area contributed by atoms with Crippen LogP contribution in [0, 0.1) is 5.92 Å². The van der Waals surface area contributed by atoms with Gasteiger partial charge < -0.3 is 10.4 Å². The van der Waals surface area contributed by atoms with E-state index in [2.05, 4.69) is 17.2 Å². The Labute approximate surface area is 95.9 Å². The Morgan fingerprint density at radius 3 is 2.31 bits per heavy atom. The molecule has 0 aliphatic heterocycles. The Morgan fingerprint density at radius 1 is 1.38 bits per heavy atom. The van der Waals surface area contributed by atoms with Crippen molar-refractivity contribution in [1.82, 2.24) is 10.6 Å². The van der Waals surface area contributed by atoms with Crippen molar-refractivity contribution in [2.75, 3.05) is 6.54 Å².